The van der Waals surface area contributed by atoms with E-state index < -0.39 is 11.4 Å². The normalized spacial score (nSPS) is 22.8. The molecular formula is C7H15NOS. The van der Waals surface area contributed by atoms with Gasteiger partial charge in [-0.05, 0) is 20.8 Å². The van der Waals surface area contributed by atoms with Crippen LogP contribution in [0.2, 0.25) is 0 Å². The van der Waals surface area contributed by atoms with Crippen molar-refractivity contribution in [1.82, 2.24) is 4.72 Å². The van der Waals surface area contributed by atoms with Crippen LogP contribution in [0.1, 0.15) is 33.6 Å². The average Bonchev–Trinajstić information content (AvgIpc) is 2.35. The first-order valence-electron chi connectivity index (χ1n) is 3.67. The maximum atomic E-state index is 11.2. The highest BCUT2D eigenvalue weighted by Gasteiger charge is 2.36. The highest BCUT2D eigenvalue weighted by atomic mass is 32.2. The Hall–Kier alpha value is 0.270. The second-order valence-corrected chi connectivity index (χ2v) is 5.31. The largest absolute Gasteiger partial charge is 0.598 e. The molecule has 1 atom stereocenters. The Kier molecular flexibility index (Phi) is 2.28. The van der Waals surface area contributed by atoms with Gasteiger partial charge < -0.3 is 4.55 Å². The molecule has 0 aromatic carbocycles. The van der Waals surface area contributed by atoms with Gasteiger partial charge >= 0.3 is 0 Å². The van der Waals surface area contributed by atoms with Gasteiger partial charge in [-0.2, -0.15) is 0 Å². The van der Waals surface area contributed by atoms with Crippen molar-refractivity contribution in [3.05, 3.63) is 0 Å². The summed E-state index contributed by atoms with van der Waals surface area (Å²) >= 11 is -0.780. The minimum absolute atomic E-state index is 0.00650. The summed E-state index contributed by atoms with van der Waals surface area (Å²) in [6, 6.07) is 0. The third-order valence-corrected chi connectivity index (χ3v) is 3.12. The van der Waals surface area contributed by atoms with E-state index >= 15 is 0 Å². The monoisotopic (exact) mass is 161 g/mol. The fourth-order valence-corrected chi connectivity index (χ4v) is 2.00. The van der Waals surface area contributed by atoms with Gasteiger partial charge in [0.05, 0.1) is 5.54 Å². The SMILES string of the molecule is CC(C)(C)N[S+]([O-])C1CC1. The Bertz CT molecular complexity index is 117. The molecule has 1 aliphatic rings. The van der Waals surface area contributed by atoms with Crippen molar-refractivity contribution in [1.29, 1.82) is 0 Å². The third kappa shape index (κ3) is 2.90. The molecule has 0 aliphatic heterocycles. The Morgan fingerprint density at radius 3 is 2.20 bits per heavy atom. The van der Waals surface area contributed by atoms with Gasteiger partial charge in [0.15, 0.2) is 0 Å². The maximum Gasteiger partial charge on any atom is 0.135 e. The molecule has 0 heterocycles. The van der Waals surface area contributed by atoms with E-state index in [0.717, 1.165) is 12.8 Å². The second kappa shape index (κ2) is 2.72. The molecule has 0 spiro atoms. The van der Waals surface area contributed by atoms with E-state index in [-0.39, 0.29) is 5.54 Å². The summed E-state index contributed by atoms with van der Waals surface area (Å²) in [5.41, 5.74) is -0.00650. The minimum Gasteiger partial charge on any atom is -0.598 e. The molecular weight excluding hydrogens is 146 g/mol. The van der Waals surface area contributed by atoms with Crippen LogP contribution in [0.3, 0.4) is 0 Å². The van der Waals surface area contributed by atoms with E-state index in [9.17, 15) is 4.55 Å². The van der Waals surface area contributed by atoms with Crippen LogP contribution in [0.5, 0.6) is 0 Å². The molecule has 0 amide bonds. The van der Waals surface area contributed by atoms with Gasteiger partial charge in [0, 0.05) is 24.2 Å². The summed E-state index contributed by atoms with van der Waals surface area (Å²) in [6.45, 7) is 6.10. The Morgan fingerprint density at radius 1 is 1.40 bits per heavy atom. The third-order valence-electron chi connectivity index (χ3n) is 1.23. The molecule has 1 fully saturated rings. The zero-order valence-corrected chi connectivity index (χ0v) is 7.62. The number of rotatable bonds is 2. The van der Waals surface area contributed by atoms with Crippen molar-refractivity contribution in [2.24, 2.45) is 0 Å². The molecule has 1 N–H and O–H groups in total. The molecule has 0 saturated heterocycles. The minimum atomic E-state index is -0.780. The van der Waals surface area contributed by atoms with E-state index in [4.69, 9.17) is 0 Å². The lowest BCUT2D eigenvalue weighted by Crippen LogP contribution is -2.42. The van der Waals surface area contributed by atoms with Crippen LogP contribution < -0.4 is 4.72 Å². The van der Waals surface area contributed by atoms with E-state index in [1.165, 1.54) is 0 Å². The lowest BCUT2D eigenvalue weighted by molar-refractivity contribution is 0.490. The molecule has 1 unspecified atom stereocenters. The van der Waals surface area contributed by atoms with Gasteiger partial charge in [0.2, 0.25) is 0 Å². The van der Waals surface area contributed by atoms with Crippen molar-refractivity contribution >= 4 is 11.4 Å². The molecule has 10 heavy (non-hydrogen) atoms. The first-order valence-corrected chi connectivity index (χ1v) is 4.89. The van der Waals surface area contributed by atoms with Crippen LogP contribution in [0.4, 0.5) is 0 Å². The first kappa shape index (κ1) is 8.37. The number of hydrogen-bond donors (Lipinski definition) is 1. The Morgan fingerprint density at radius 2 is 1.90 bits per heavy atom. The van der Waals surface area contributed by atoms with E-state index in [2.05, 4.69) is 4.72 Å². The second-order valence-electron chi connectivity index (χ2n) is 3.85. The zero-order chi connectivity index (χ0) is 7.78. The topological polar surface area (TPSA) is 35.1 Å². The van der Waals surface area contributed by atoms with Crippen LogP contribution in [-0.4, -0.2) is 15.3 Å². The van der Waals surface area contributed by atoms with E-state index in [0.29, 0.717) is 5.25 Å². The van der Waals surface area contributed by atoms with Crippen LogP contribution in [-0.2, 0) is 11.4 Å². The lowest BCUT2D eigenvalue weighted by Gasteiger charge is -2.21. The summed E-state index contributed by atoms with van der Waals surface area (Å²) in [5, 5.41) is 0.444. The molecule has 1 rings (SSSR count). The standard InChI is InChI=1S/C7H15NOS/c1-7(2,3)8-10(9)6-4-5-6/h6,8H,4-5H2,1-3H3. The lowest BCUT2D eigenvalue weighted by atomic mass is 10.1. The molecule has 1 aliphatic carbocycles. The summed E-state index contributed by atoms with van der Waals surface area (Å²) in [7, 11) is 0. The summed E-state index contributed by atoms with van der Waals surface area (Å²) in [5.74, 6) is 0. The van der Waals surface area contributed by atoms with Gasteiger partial charge in [0.1, 0.15) is 5.25 Å². The Labute approximate surface area is 65.7 Å². The van der Waals surface area contributed by atoms with Crippen molar-refractivity contribution in [2.75, 3.05) is 0 Å². The van der Waals surface area contributed by atoms with Gasteiger partial charge in [0.25, 0.3) is 0 Å². The average molecular weight is 161 g/mol. The van der Waals surface area contributed by atoms with Gasteiger partial charge in [-0.15, -0.1) is 4.72 Å². The highest BCUT2D eigenvalue weighted by Crippen LogP contribution is 2.28. The molecule has 2 nitrogen and oxygen atoms in total. The first-order chi connectivity index (χ1) is 4.49. The zero-order valence-electron chi connectivity index (χ0n) is 6.81. The van der Waals surface area contributed by atoms with E-state index in [1.54, 1.807) is 0 Å². The highest BCUT2D eigenvalue weighted by molar-refractivity contribution is 7.90. The van der Waals surface area contributed by atoms with Gasteiger partial charge in [-0.25, -0.2) is 0 Å². The molecule has 3 heteroatoms. The molecule has 0 aromatic heterocycles. The van der Waals surface area contributed by atoms with Gasteiger partial charge in [-0.1, -0.05) is 0 Å². The predicted molar refractivity (Wildman–Crippen MR) is 44.1 cm³/mol. The number of nitrogens with one attached hydrogen (secondary N) is 1. The van der Waals surface area contributed by atoms with Crippen LogP contribution in [0.25, 0.3) is 0 Å². The Balaban J connectivity index is 2.23. The molecule has 0 aromatic rings. The number of hydrogen-bond acceptors (Lipinski definition) is 2. The van der Waals surface area contributed by atoms with E-state index in [1.807, 2.05) is 20.8 Å². The van der Waals surface area contributed by atoms with Crippen molar-refractivity contribution in [2.45, 2.75) is 44.4 Å². The predicted octanol–water partition coefficient (Wildman–Crippen LogP) is 1.20. The molecule has 0 radical (unpaired) electrons. The summed E-state index contributed by atoms with van der Waals surface area (Å²) in [4.78, 5) is 0. The summed E-state index contributed by atoms with van der Waals surface area (Å²) in [6.07, 6.45) is 2.27. The van der Waals surface area contributed by atoms with Crippen LogP contribution in [0.15, 0.2) is 0 Å². The fourth-order valence-electron chi connectivity index (χ4n) is 0.667. The van der Waals surface area contributed by atoms with Crippen molar-refractivity contribution in [3.63, 3.8) is 0 Å². The van der Waals surface area contributed by atoms with Crippen LogP contribution >= 0.6 is 0 Å². The molecule has 0 bridgehead atoms. The van der Waals surface area contributed by atoms with Crippen molar-refractivity contribution in [3.8, 4) is 0 Å². The quantitative estimate of drug-likeness (QED) is 0.618. The van der Waals surface area contributed by atoms with Crippen LogP contribution in [0, 0.1) is 0 Å². The van der Waals surface area contributed by atoms with Gasteiger partial charge in [-0.3, -0.25) is 0 Å². The van der Waals surface area contributed by atoms with Crippen molar-refractivity contribution < 1.29 is 4.55 Å². The maximum absolute atomic E-state index is 11.2. The fraction of sp³-hybridized carbons (Fsp3) is 1.00. The molecule has 60 valence electrons. The summed E-state index contributed by atoms with van der Waals surface area (Å²) < 4.78 is 14.3. The smallest absolute Gasteiger partial charge is 0.135 e. The molecule has 1 saturated carbocycles.